The van der Waals surface area contributed by atoms with Crippen molar-refractivity contribution in [2.24, 2.45) is 15.9 Å². The van der Waals surface area contributed by atoms with Gasteiger partial charge in [-0.1, -0.05) is 30.0 Å². The molecule has 1 aromatic heterocycles. The number of fused-ring (bicyclic) bond motifs is 1. The van der Waals surface area contributed by atoms with Crippen LogP contribution in [0.4, 0.5) is 0 Å². The average molecular weight is 260 g/mol. The molecule has 0 amide bonds. The molecule has 2 rings (SSSR count). The third-order valence-electron chi connectivity index (χ3n) is 2.72. The van der Waals surface area contributed by atoms with Gasteiger partial charge in [0.05, 0.1) is 6.21 Å². The second kappa shape index (κ2) is 5.73. The summed E-state index contributed by atoms with van der Waals surface area (Å²) in [5.41, 5.74) is 7.85. The highest BCUT2D eigenvalue weighted by atomic mass is 32.2. The predicted molar refractivity (Wildman–Crippen MR) is 80.3 cm³/mol. The molecule has 0 bridgehead atoms. The van der Waals surface area contributed by atoms with Crippen molar-refractivity contribution in [1.29, 1.82) is 0 Å². The van der Waals surface area contributed by atoms with Crippen molar-refractivity contribution in [2.45, 2.75) is 13.5 Å². The zero-order valence-electron chi connectivity index (χ0n) is 10.5. The van der Waals surface area contributed by atoms with Crippen molar-refractivity contribution in [3.63, 3.8) is 0 Å². The number of aryl methyl sites for hydroxylation is 1. The zero-order valence-corrected chi connectivity index (χ0v) is 11.3. The Kier molecular flexibility index (Phi) is 4.04. The number of nitrogens with two attached hydrogens (primary N) is 1. The molecule has 94 valence electrons. The minimum atomic E-state index is 0.463. The van der Waals surface area contributed by atoms with Crippen molar-refractivity contribution in [1.82, 2.24) is 4.57 Å². The van der Waals surface area contributed by atoms with Crippen molar-refractivity contribution < 1.29 is 0 Å². The summed E-state index contributed by atoms with van der Waals surface area (Å²) in [6, 6.07) is 8.26. The van der Waals surface area contributed by atoms with Crippen molar-refractivity contribution >= 4 is 34.0 Å². The first-order chi connectivity index (χ1) is 8.76. The topological polar surface area (TPSA) is 55.7 Å². The normalized spacial score (nSPS) is 12.7. The third kappa shape index (κ3) is 2.56. The highest BCUT2D eigenvalue weighted by Crippen LogP contribution is 2.19. The summed E-state index contributed by atoms with van der Waals surface area (Å²) in [7, 11) is 0. The molecule has 0 aliphatic heterocycles. The number of hydrogen-bond donors (Lipinski definition) is 1. The van der Waals surface area contributed by atoms with Gasteiger partial charge in [0.25, 0.3) is 0 Å². The van der Waals surface area contributed by atoms with E-state index in [1.165, 1.54) is 22.7 Å². The van der Waals surface area contributed by atoms with Crippen molar-refractivity contribution in [3.8, 4) is 0 Å². The van der Waals surface area contributed by atoms with Crippen LogP contribution in [0.3, 0.4) is 0 Å². The summed E-state index contributed by atoms with van der Waals surface area (Å²) in [6.07, 6.45) is 5.70. The lowest BCUT2D eigenvalue weighted by atomic mass is 10.2. The molecule has 0 spiro atoms. The fraction of sp³-hybridized carbons (Fsp3) is 0.231. The van der Waals surface area contributed by atoms with Gasteiger partial charge < -0.3 is 10.3 Å². The van der Waals surface area contributed by atoms with E-state index in [-0.39, 0.29) is 0 Å². The Bertz CT molecular complexity index is 598. The monoisotopic (exact) mass is 260 g/mol. The molecule has 5 heteroatoms. The molecular formula is C13H16N4S. The van der Waals surface area contributed by atoms with Crippen LogP contribution in [-0.2, 0) is 6.54 Å². The highest BCUT2D eigenvalue weighted by molar-refractivity contribution is 8.13. The summed E-state index contributed by atoms with van der Waals surface area (Å²) < 4.78 is 2.19. The smallest absolute Gasteiger partial charge is 0.180 e. The maximum Gasteiger partial charge on any atom is 0.180 e. The Labute approximate surface area is 111 Å². The summed E-state index contributed by atoms with van der Waals surface area (Å²) in [5, 5.41) is 9.56. The number of nitrogens with zero attached hydrogens (tertiary/aromatic N) is 3. The zero-order chi connectivity index (χ0) is 13.0. The molecule has 0 unspecified atom stereocenters. The minimum Gasteiger partial charge on any atom is -0.377 e. The van der Waals surface area contributed by atoms with Crippen molar-refractivity contribution in [2.75, 3.05) is 6.26 Å². The van der Waals surface area contributed by atoms with E-state index in [1.807, 2.05) is 18.4 Å². The van der Waals surface area contributed by atoms with Gasteiger partial charge >= 0.3 is 0 Å². The Morgan fingerprint density at radius 1 is 1.44 bits per heavy atom. The standard InChI is InChI=1S/C13H16N4S/c1-3-17-9-10(8-15-16-13(14)18-2)11-6-4-5-7-12(11)17/h4-9H,3H2,1-2H3,(H2,14,16)/b15-8-. The van der Waals surface area contributed by atoms with E-state index in [0.717, 1.165) is 12.1 Å². The molecule has 0 aliphatic rings. The van der Waals surface area contributed by atoms with E-state index < -0.39 is 0 Å². The van der Waals surface area contributed by atoms with Gasteiger partial charge in [-0.05, 0) is 19.2 Å². The molecule has 1 heterocycles. The first kappa shape index (κ1) is 12.7. The Morgan fingerprint density at radius 2 is 2.22 bits per heavy atom. The van der Waals surface area contributed by atoms with E-state index in [2.05, 4.69) is 40.0 Å². The van der Waals surface area contributed by atoms with E-state index >= 15 is 0 Å². The first-order valence-corrected chi connectivity index (χ1v) is 6.97. The lowest BCUT2D eigenvalue weighted by molar-refractivity contribution is 0.797. The summed E-state index contributed by atoms with van der Waals surface area (Å²) >= 11 is 1.38. The molecule has 0 saturated heterocycles. The molecule has 0 atom stereocenters. The molecule has 0 radical (unpaired) electrons. The van der Waals surface area contributed by atoms with Gasteiger partial charge in [-0.3, -0.25) is 0 Å². The SMILES string of the molecule is CCn1cc(/C=N\N=C(/N)SC)c2ccccc21. The van der Waals surface area contributed by atoms with Gasteiger partial charge in [-0.2, -0.15) is 5.10 Å². The molecule has 0 saturated carbocycles. The van der Waals surface area contributed by atoms with Crippen LogP contribution >= 0.6 is 11.8 Å². The third-order valence-corrected chi connectivity index (χ3v) is 3.22. The van der Waals surface area contributed by atoms with Gasteiger partial charge in [0.1, 0.15) is 0 Å². The van der Waals surface area contributed by atoms with Gasteiger partial charge in [-0.25, -0.2) is 0 Å². The molecule has 0 fully saturated rings. The summed E-state index contributed by atoms with van der Waals surface area (Å²) in [6.45, 7) is 3.06. The van der Waals surface area contributed by atoms with Crippen LogP contribution in [0.15, 0.2) is 40.7 Å². The molecule has 4 nitrogen and oxygen atoms in total. The van der Waals surface area contributed by atoms with Gasteiger partial charge in [-0.15, -0.1) is 5.10 Å². The highest BCUT2D eigenvalue weighted by Gasteiger charge is 2.04. The number of amidine groups is 1. The van der Waals surface area contributed by atoms with Gasteiger partial charge in [0.2, 0.25) is 0 Å². The molecule has 18 heavy (non-hydrogen) atoms. The fourth-order valence-corrected chi connectivity index (χ4v) is 1.96. The van der Waals surface area contributed by atoms with Crippen LogP contribution in [0.5, 0.6) is 0 Å². The summed E-state index contributed by atoms with van der Waals surface area (Å²) in [5.74, 6) is 0. The number of rotatable bonds is 3. The Morgan fingerprint density at radius 3 is 2.94 bits per heavy atom. The average Bonchev–Trinajstić information content (AvgIpc) is 2.77. The maximum absolute atomic E-state index is 5.58. The van der Waals surface area contributed by atoms with Gasteiger partial charge in [0.15, 0.2) is 5.17 Å². The second-order valence-corrected chi connectivity index (χ2v) is 4.60. The molecule has 2 N–H and O–H groups in total. The molecule has 2 aromatic rings. The predicted octanol–water partition coefficient (Wildman–Crippen LogP) is 2.67. The lowest BCUT2D eigenvalue weighted by Gasteiger charge is -1.97. The Hall–Kier alpha value is -1.75. The van der Waals surface area contributed by atoms with Crippen molar-refractivity contribution in [3.05, 3.63) is 36.0 Å². The quantitative estimate of drug-likeness (QED) is 0.524. The number of aromatic nitrogens is 1. The van der Waals surface area contributed by atoms with E-state index in [9.17, 15) is 0 Å². The minimum absolute atomic E-state index is 0.463. The van der Waals surface area contributed by atoms with E-state index in [4.69, 9.17) is 5.73 Å². The van der Waals surface area contributed by atoms with Gasteiger partial charge in [0, 0.05) is 29.2 Å². The van der Waals surface area contributed by atoms with Crippen LogP contribution in [-0.4, -0.2) is 22.2 Å². The number of benzene rings is 1. The van der Waals surface area contributed by atoms with Crippen LogP contribution in [0.1, 0.15) is 12.5 Å². The second-order valence-electron chi connectivity index (χ2n) is 3.77. The fourth-order valence-electron chi connectivity index (χ4n) is 1.83. The Balaban J connectivity index is 2.39. The molecule has 1 aromatic carbocycles. The van der Waals surface area contributed by atoms with Crippen LogP contribution in [0.2, 0.25) is 0 Å². The van der Waals surface area contributed by atoms with Crippen LogP contribution in [0.25, 0.3) is 10.9 Å². The van der Waals surface area contributed by atoms with E-state index in [1.54, 1.807) is 6.21 Å². The molecule has 0 aliphatic carbocycles. The summed E-state index contributed by atoms with van der Waals surface area (Å²) in [4.78, 5) is 0. The number of hydrogen-bond acceptors (Lipinski definition) is 3. The van der Waals surface area contributed by atoms with Crippen LogP contribution in [0, 0.1) is 0 Å². The maximum atomic E-state index is 5.58. The number of para-hydroxylation sites is 1. The van der Waals surface area contributed by atoms with E-state index in [0.29, 0.717) is 5.17 Å². The molecular weight excluding hydrogens is 244 g/mol. The van der Waals surface area contributed by atoms with Crippen LogP contribution < -0.4 is 5.73 Å². The lowest BCUT2D eigenvalue weighted by Crippen LogP contribution is -2.03. The largest absolute Gasteiger partial charge is 0.377 e. The number of thioether (sulfide) groups is 1. The first-order valence-electron chi connectivity index (χ1n) is 5.74.